The van der Waals surface area contributed by atoms with E-state index >= 15 is 0 Å². The molecule has 30 heavy (non-hydrogen) atoms. The molecule has 1 heterocycles. The van der Waals surface area contributed by atoms with Crippen LogP contribution in [0.2, 0.25) is 0 Å². The minimum absolute atomic E-state index is 0.0121. The molecule has 2 aromatic carbocycles. The largest absolute Gasteiger partial charge is 0.495 e. The van der Waals surface area contributed by atoms with E-state index in [-0.39, 0.29) is 11.5 Å². The van der Waals surface area contributed by atoms with Gasteiger partial charge in [-0.1, -0.05) is 24.3 Å². The van der Waals surface area contributed by atoms with Crippen LogP contribution in [0.1, 0.15) is 28.4 Å². The van der Waals surface area contributed by atoms with Crippen molar-refractivity contribution in [2.75, 3.05) is 17.7 Å². The Kier molecular flexibility index (Phi) is 6.32. The van der Waals surface area contributed by atoms with Gasteiger partial charge in [0.05, 0.1) is 19.3 Å². The summed E-state index contributed by atoms with van der Waals surface area (Å²) in [5, 5.41) is 5.36. The van der Waals surface area contributed by atoms with E-state index in [1.165, 1.54) is 24.7 Å². The van der Waals surface area contributed by atoms with Gasteiger partial charge in [0.15, 0.2) is 0 Å². The van der Waals surface area contributed by atoms with Crippen molar-refractivity contribution in [3.05, 3.63) is 87.8 Å². The van der Waals surface area contributed by atoms with Crippen molar-refractivity contribution in [2.24, 2.45) is 0 Å². The van der Waals surface area contributed by atoms with Gasteiger partial charge < -0.3 is 19.9 Å². The summed E-state index contributed by atoms with van der Waals surface area (Å²) < 4.78 is 6.78. The standard InChI is InChI=1S/C23H23N3O4/c1-15-7-4-5-8-17(15)14-26-12-6-9-19(23(26)29)22(28)25-20-13-18(24-16(2)27)10-11-21(20)30-3/h4-13H,14H2,1-3H3,(H,24,27)(H,25,28). The van der Waals surface area contributed by atoms with Gasteiger partial charge >= 0.3 is 0 Å². The highest BCUT2D eigenvalue weighted by molar-refractivity contribution is 6.05. The summed E-state index contributed by atoms with van der Waals surface area (Å²) in [5.41, 5.74) is 2.54. The van der Waals surface area contributed by atoms with E-state index in [1.54, 1.807) is 30.5 Å². The first kappa shape index (κ1) is 20.9. The van der Waals surface area contributed by atoms with E-state index in [9.17, 15) is 14.4 Å². The smallest absolute Gasteiger partial charge is 0.263 e. The Bertz CT molecular complexity index is 1150. The number of amides is 2. The number of nitrogens with one attached hydrogen (secondary N) is 2. The highest BCUT2D eigenvalue weighted by atomic mass is 16.5. The molecule has 0 aliphatic carbocycles. The molecule has 0 unspecified atom stereocenters. The van der Waals surface area contributed by atoms with Crippen LogP contribution >= 0.6 is 0 Å². The zero-order valence-corrected chi connectivity index (χ0v) is 17.1. The predicted octanol–water partition coefficient (Wildman–Crippen LogP) is 3.42. The van der Waals surface area contributed by atoms with E-state index in [0.29, 0.717) is 23.7 Å². The number of methoxy groups -OCH3 is 1. The van der Waals surface area contributed by atoms with Crippen molar-refractivity contribution >= 4 is 23.2 Å². The Labute approximate surface area is 174 Å². The van der Waals surface area contributed by atoms with Crippen LogP contribution in [0.15, 0.2) is 65.6 Å². The second-order valence-electron chi connectivity index (χ2n) is 6.83. The van der Waals surface area contributed by atoms with Gasteiger partial charge in [-0.05, 0) is 48.4 Å². The van der Waals surface area contributed by atoms with Crippen LogP contribution in [0, 0.1) is 6.92 Å². The van der Waals surface area contributed by atoms with Gasteiger partial charge in [-0.3, -0.25) is 14.4 Å². The molecule has 0 bridgehead atoms. The molecule has 0 saturated heterocycles. The minimum Gasteiger partial charge on any atom is -0.495 e. The molecule has 7 heteroatoms. The summed E-state index contributed by atoms with van der Waals surface area (Å²) >= 11 is 0. The highest BCUT2D eigenvalue weighted by Gasteiger charge is 2.15. The third-order valence-corrected chi connectivity index (χ3v) is 4.63. The molecule has 2 N–H and O–H groups in total. The van der Waals surface area contributed by atoms with Crippen LogP contribution in [0.25, 0.3) is 0 Å². The molecular weight excluding hydrogens is 382 g/mol. The number of pyridine rings is 1. The van der Waals surface area contributed by atoms with Crippen molar-refractivity contribution in [1.29, 1.82) is 0 Å². The Hall–Kier alpha value is -3.87. The van der Waals surface area contributed by atoms with E-state index in [4.69, 9.17) is 4.74 Å². The molecule has 0 radical (unpaired) electrons. The molecule has 154 valence electrons. The highest BCUT2D eigenvalue weighted by Crippen LogP contribution is 2.28. The van der Waals surface area contributed by atoms with E-state index < -0.39 is 11.5 Å². The van der Waals surface area contributed by atoms with Crippen LogP contribution in [0.4, 0.5) is 11.4 Å². The molecule has 0 saturated carbocycles. The SMILES string of the molecule is COc1ccc(NC(C)=O)cc1NC(=O)c1cccn(Cc2ccccc2C)c1=O. The fourth-order valence-corrected chi connectivity index (χ4v) is 3.08. The lowest BCUT2D eigenvalue weighted by molar-refractivity contribution is -0.114. The summed E-state index contributed by atoms with van der Waals surface area (Å²) in [6.45, 7) is 3.74. The Balaban J connectivity index is 1.88. The lowest BCUT2D eigenvalue weighted by Crippen LogP contribution is -2.29. The quantitative estimate of drug-likeness (QED) is 0.658. The number of nitrogens with zero attached hydrogens (tertiary/aromatic N) is 1. The van der Waals surface area contributed by atoms with E-state index in [1.807, 2.05) is 31.2 Å². The maximum absolute atomic E-state index is 12.9. The van der Waals surface area contributed by atoms with Crippen LogP contribution < -0.4 is 20.9 Å². The molecule has 1 aromatic heterocycles. The van der Waals surface area contributed by atoms with Crippen LogP contribution in [-0.2, 0) is 11.3 Å². The second kappa shape index (κ2) is 9.09. The Morgan fingerprint density at radius 3 is 2.50 bits per heavy atom. The Morgan fingerprint density at radius 1 is 1.03 bits per heavy atom. The topological polar surface area (TPSA) is 89.4 Å². The molecule has 7 nitrogen and oxygen atoms in total. The van der Waals surface area contributed by atoms with Crippen molar-refractivity contribution in [1.82, 2.24) is 4.57 Å². The fourth-order valence-electron chi connectivity index (χ4n) is 3.08. The molecule has 0 aliphatic heterocycles. The van der Waals surface area contributed by atoms with E-state index in [0.717, 1.165) is 11.1 Å². The lowest BCUT2D eigenvalue weighted by Gasteiger charge is -2.13. The minimum atomic E-state index is -0.558. The van der Waals surface area contributed by atoms with E-state index in [2.05, 4.69) is 10.6 Å². The van der Waals surface area contributed by atoms with Gasteiger partial charge in [-0.25, -0.2) is 0 Å². The third-order valence-electron chi connectivity index (χ3n) is 4.63. The number of hydrogen-bond donors (Lipinski definition) is 2. The number of anilines is 2. The zero-order chi connectivity index (χ0) is 21.7. The van der Waals surface area contributed by atoms with Crippen molar-refractivity contribution in [3.8, 4) is 5.75 Å². The molecular formula is C23H23N3O4. The van der Waals surface area contributed by atoms with Gasteiger partial charge in [0.25, 0.3) is 11.5 Å². The first-order chi connectivity index (χ1) is 14.4. The lowest BCUT2D eigenvalue weighted by atomic mass is 10.1. The van der Waals surface area contributed by atoms with Crippen LogP contribution in [-0.4, -0.2) is 23.5 Å². The van der Waals surface area contributed by atoms with Gasteiger partial charge in [0.1, 0.15) is 11.3 Å². The first-order valence-electron chi connectivity index (χ1n) is 9.40. The number of carbonyl (C=O) groups excluding carboxylic acids is 2. The zero-order valence-electron chi connectivity index (χ0n) is 17.1. The number of aryl methyl sites for hydroxylation is 1. The monoisotopic (exact) mass is 405 g/mol. The van der Waals surface area contributed by atoms with Gasteiger partial charge in [0, 0.05) is 18.8 Å². The average molecular weight is 405 g/mol. The number of carbonyl (C=O) groups is 2. The molecule has 3 rings (SSSR count). The molecule has 3 aromatic rings. The maximum Gasteiger partial charge on any atom is 0.263 e. The van der Waals surface area contributed by atoms with Crippen LogP contribution in [0.5, 0.6) is 5.75 Å². The summed E-state index contributed by atoms with van der Waals surface area (Å²) in [6, 6.07) is 15.8. The Morgan fingerprint density at radius 2 is 1.80 bits per heavy atom. The summed E-state index contributed by atoms with van der Waals surface area (Å²) in [7, 11) is 1.47. The van der Waals surface area contributed by atoms with Gasteiger partial charge in [0.2, 0.25) is 5.91 Å². The van der Waals surface area contributed by atoms with Crippen molar-refractivity contribution in [3.63, 3.8) is 0 Å². The molecule has 2 amide bonds. The molecule has 0 fully saturated rings. The fraction of sp³-hybridized carbons (Fsp3) is 0.174. The maximum atomic E-state index is 12.9. The normalized spacial score (nSPS) is 10.4. The molecule has 0 atom stereocenters. The summed E-state index contributed by atoms with van der Waals surface area (Å²) in [5.74, 6) is -0.384. The number of aromatic nitrogens is 1. The van der Waals surface area contributed by atoms with Crippen molar-refractivity contribution < 1.29 is 14.3 Å². The summed E-state index contributed by atoms with van der Waals surface area (Å²) in [6.07, 6.45) is 1.66. The number of ether oxygens (including phenoxy) is 1. The van der Waals surface area contributed by atoms with Gasteiger partial charge in [-0.2, -0.15) is 0 Å². The van der Waals surface area contributed by atoms with Crippen molar-refractivity contribution in [2.45, 2.75) is 20.4 Å². The molecule has 0 spiro atoms. The predicted molar refractivity (Wildman–Crippen MR) is 116 cm³/mol. The molecule has 0 aliphatic rings. The van der Waals surface area contributed by atoms with Gasteiger partial charge in [-0.15, -0.1) is 0 Å². The number of hydrogen-bond acceptors (Lipinski definition) is 4. The first-order valence-corrected chi connectivity index (χ1v) is 9.40. The number of benzene rings is 2. The second-order valence-corrected chi connectivity index (χ2v) is 6.83. The van der Waals surface area contributed by atoms with Crippen LogP contribution in [0.3, 0.4) is 0 Å². The summed E-state index contributed by atoms with van der Waals surface area (Å²) in [4.78, 5) is 37.0. The number of rotatable bonds is 6. The third kappa shape index (κ3) is 4.75. The average Bonchev–Trinajstić information content (AvgIpc) is 2.71.